The van der Waals surface area contributed by atoms with E-state index >= 15 is 0 Å². The first-order valence-corrected chi connectivity index (χ1v) is 9.90. The predicted octanol–water partition coefficient (Wildman–Crippen LogP) is 3.00. The maximum Gasteiger partial charge on any atom is 0.287 e. The summed E-state index contributed by atoms with van der Waals surface area (Å²) in [5.74, 6) is -0.840. The SMILES string of the molecule is Cc1oc(C(=O)N[C@@H](C)c2cccc(F)c2)cc1S(=O)(=O)N1CCCC1. The van der Waals surface area contributed by atoms with Crippen LogP contribution in [0.3, 0.4) is 0 Å². The number of nitrogens with zero attached hydrogens (tertiary/aromatic N) is 1. The molecule has 1 aromatic heterocycles. The van der Waals surface area contributed by atoms with Crippen LogP contribution in [-0.4, -0.2) is 31.7 Å². The van der Waals surface area contributed by atoms with Crippen LogP contribution >= 0.6 is 0 Å². The second kappa shape index (κ2) is 7.20. The highest BCUT2D eigenvalue weighted by atomic mass is 32.2. The molecule has 1 fully saturated rings. The van der Waals surface area contributed by atoms with Crippen molar-refractivity contribution in [2.24, 2.45) is 0 Å². The van der Waals surface area contributed by atoms with Crippen LogP contribution in [-0.2, 0) is 10.0 Å². The number of aryl methyl sites for hydroxylation is 1. The quantitative estimate of drug-likeness (QED) is 0.865. The molecule has 3 rings (SSSR count). The number of benzene rings is 1. The fourth-order valence-corrected chi connectivity index (χ4v) is 4.71. The van der Waals surface area contributed by atoms with Gasteiger partial charge in [0.05, 0.1) is 6.04 Å². The fraction of sp³-hybridized carbons (Fsp3) is 0.389. The first-order chi connectivity index (χ1) is 12.3. The lowest BCUT2D eigenvalue weighted by Gasteiger charge is -2.14. The molecule has 0 aliphatic carbocycles. The molecule has 0 unspecified atom stereocenters. The highest BCUT2D eigenvalue weighted by Crippen LogP contribution is 2.26. The Labute approximate surface area is 152 Å². The molecular weight excluding hydrogens is 359 g/mol. The molecule has 0 bridgehead atoms. The minimum absolute atomic E-state index is 0.0166. The van der Waals surface area contributed by atoms with Gasteiger partial charge in [-0.2, -0.15) is 4.31 Å². The highest BCUT2D eigenvalue weighted by Gasteiger charge is 2.31. The Morgan fingerprint density at radius 1 is 1.27 bits per heavy atom. The summed E-state index contributed by atoms with van der Waals surface area (Å²) in [6.45, 7) is 4.19. The van der Waals surface area contributed by atoms with Crippen LogP contribution in [0.2, 0.25) is 0 Å². The number of hydrogen-bond donors (Lipinski definition) is 1. The molecule has 1 aliphatic heterocycles. The summed E-state index contributed by atoms with van der Waals surface area (Å²) in [6, 6.07) is 6.72. The zero-order chi connectivity index (χ0) is 18.9. The predicted molar refractivity (Wildman–Crippen MR) is 93.7 cm³/mol. The Kier molecular flexibility index (Phi) is 5.15. The van der Waals surface area contributed by atoms with Gasteiger partial charge in [-0.3, -0.25) is 4.79 Å². The van der Waals surface area contributed by atoms with E-state index in [-0.39, 0.29) is 16.4 Å². The molecule has 0 spiro atoms. The van der Waals surface area contributed by atoms with Crippen molar-refractivity contribution in [2.45, 2.75) is 37.6 Å². The van der Waals surface area contributed by atoms with Crippen LogP contribution in [0.4, 0.5) is 4.39 Å². The normalized spacial score (nSPS) is 16.6. The molecule has 0 radical (unpaired) electrons. The Morgan fingerprint density at radius 2 is 1.96 bits per heavy atom. The summed E-state index contributed by atoms with van der Waals surface area (Å²) in [5.41, 5.74) is 0.603. The Balaban J connectivity index is 1.79. The van der Waals surface area contributed by atoms with Crippen molar-refractivity contribution in [3.63, 3.8) is 0 Å². The molecule has 1 amide bonds. The van der Waals surface area contributed by atoms with E-state index in [4.69, 9.17) is 4.42 Å². The third-order valence-electron chi connectivity index (χ3n) is 4.48. The fourth-order valence-electron chi connectivity index (χ4n) is 3.03. The maximum atomic E-state index is 13.3. The number of halogens is 1. The van der Waals surface area contributed by atoms with Crippen molar-refractivity contribution in [1.82, 2.24) is 9.62 Å². The van der Waals surface area contributed by atoms with E-state index < -0.39 is 27.8 Å². The van der Waals surface area contributed by atoms with Crippen LogP contribution in [0, 0.1) is 12.7 Å². The molecule has 8 heteroatoms. The summed E-state index contributed by atoms with van der Waals surface area (Å²) in [6.07, 6.45) is 1.66. The lowest BCUT2D eigenvalue weighted by atomic mass is 10.1. The molecular formula is C18H21FN2O4S. The van der Waals surface area contributed by atoms with Gasteiger partial charge >= 0.3 is 0 Å². The van der Waals surface area contributed by atoms with E-state index in [2.05, 4.69) is 5.32 Å². The van der Waals surface area contributed by atoms with Crippen LogP contribution in [0.5, 0.6) is 0 Å². The summed E-state index contributed by atoms with van der Waals surface area (Å²) >= 11 is 0. The lowest BCUT2D eigenvalue weighted by Crippen LogP contribution is -2.28. The van der Waals surface area contributed by atoms with E-state index in [1.54, 1.807) is 19.1 Å². The van der Waals surface area contributed by atoms with Crippen LogP contribution in [0.1, 0.15) is 47.7 Å². The van der Waals surface area contributed by atoms with Crippen LogP contribution in [0.15, 0.2) is 39.6 Å². The average Bonchev–Trinajstić information content (AvgIpc) is 3.24. The number of hydrogen-bond acceptors (Lipinski definition) is 4. The molecule has 140 valence electrons. The smallest absolute Gasteiger partial charge is 0.287 e. The van der Waals surface area contributed by atoms with Gasteiger partial charge in [0.2, 0.25) is 10.0 Å². The molecule has 6 nitrogen and oxygen atoms in total. The van der Waals surface area contributed by atoms with Crippen molar-refractivity contribution in [2.75, 3.05) is 13.1 Å². The van der Waals surface area contributed by atoms with E-state index in [9.17, 15) is 17.6 Å². The third-order valence-corrected chi connectivity index (χ3v) is 6.48. The number of nitrogens with one attached hydrogen (secondary N) is 1. The Hall–Kier alpha value is -2.19. The van der Waals surface area contributed by atoms with Gasteiger partial charge < -0.3 is 9.73 Å². The monoisotopic (exact) mass is 380 g/mol. The number of rotatable bonds is 5. The minimum atomic E-state index is -3.66. The van der Waals surface area contributed by atoms with Crippen molar-refractivity contribution in [3.8, 4) is 0 Å². The van der Waals surface area contributed by atoms with E-state index in [0.717, 1.165) is 12.8 Å². The zero-order valence-electron chi connectivity index (χ0n) is 14.7. The molecule has 1 atom stereocenters. The highest BCUT2D eigenvalue weighted by molar-refractivity contribution is 7.89. The van der Waals surface area contributed by atoms with Crippen molar-refractivity contribution in [3.05, 3.63) is 53.2 Å². The summed E-state index contributed by atoms with van der Waals surface area (Å²) in [4.78, 5) is 12.4. The molecule has 1 saturated heterocycles. The van der Waals surface area contributed by atoms with Gasteiger partial charge in [0.15, 0.2) is 5.76 Å². The molecule has 1 aliphatic rings. The molecule has 26 heavy (non-hydrogen) atoms. The van der Waals surface area contributed by atoms with Crippen molar-refractivity contribution < 1.29 is 22.0 Å². The molecule has 2 aromatic rings. The minimum Gasteiger partial charge on any atom is -0.455 e. The number of carbonyl (C=O) groups excluding carboxylic acids is 1. The molecule has 0 saturated carbocycles. The molecule has 2 heterocycles. The average molecular weight is 380 g/mol. The lowest BCUT2D eigenvalue weighted by molar-refractivity contribution is 0.0910. The number of carbonyl (C=O) groups is 1. The van der Waals surface area contributed by atoms with Crippen molar-refractivity contribution in [1.29, 1.82) is 0 Å². The van der Waals surface area contributed by atoms with Gasteiger partial charge in [0, 0.05) is 19.2 Å². The van der Waals surface area contributed by atoms with Gasteiger partial charge in [-0.05, 0) is 44.4 Å². The number of sulfonamides is 1. The van der Waals surface area contributed by atoms with Crippen molar-refractivity contribution >= 4 is 15.9 Å². The number of furan rings is 1. The topological polar surface area (TPSA) is 79.6 Å². The first kappa shape index (κ1) is 18.6. The third kappa shape index (κ3) is 3.66. The largest absolute Gasteiger partial charge is 0.455 e. The van der Waals surface area contributed by atoms with E-state index in [1.165, 1.54) is 29.4 Å². The molecule has 1 N–H and O–H groups in total. The maximum absolute atomic E-state index is 13.3. The Bertz CT molecular complexity index is 917. The standard InChI is InChI=1S/C18H21FN2O4S/c1-12(14-6-5-7-15(19)10-14)20-18(22)16-11-17(13(2)25-16)26(23,24)21-8-3-4-9-21/h5-7,10-12H,3-4,8-9H2,1-2H3,(H,20,22)/t12-/m0/s1. The number of amides is 1. The van der Waals surface area contributed by atoms with Gasteiger partial charge in [-0.1, -0.05) is 12.1 Å². The molecule has 1 aromatic carbocycles. The van der Waals surface area contributed by atoms with Gasteiger partial charge in [-0.15, -0.1) is 0 Å². The summed E-state index contributed by atoms with van der Waals surface area (Å²) in [5, 5.41) is 2.69. The second-order valence-corrected chi connectivity index (χ2v) is 8.30. The van der Waals surface area contributed by atoms with E-state index in [1.807, 2.05) is 0 Å². The van der Waals surface area contributed by atoms with Crippen LogP contribution < -0.4 is 5.32 Å². The van der Waals surface area contributed by atoms with Gasteiger partial charge in [0.1, 0.15) is 16.5 Å². The summed E-state index contributed by atoms with van der Waals surface area (Å²) < 4.78 is 45.4. The first-order valence-electron chi connectivity index (χ1n) is 8.46. The van der Waals surface area contributed by atoms with E-state index in [0.29, 0.717) is 18.7 Å². The van der Waals surface area contributed by atoms with Gasteiger partial charge in [-0.25, -0.2) is 12.8 Å². The zero-order valence-corrected chi connectivity index (χ0v) is 15.5. The Morgan fingerprint density at radius 3 is 2.62 bits per heavy atom. The van der Waals surface area contributed by atoms with Crippen LogP contribution in [0.25, 0.3) is 0 Å². The second-order valence-electron chi connectivity index (χ2n) is 6.39. The summed E-state index contributed by atoms with van der Waals surface area (Å²) in [7, 11) is -3.66. The van der Waals surface area contributed by atoms with Gasteiger partial charge in [0.25, 0.3) is 5.91 Å².